The first-order valence-corrected chi connectivity index (χ1v) is 7.91. The van der Waals surface area contributed by atoms with Gasteiger partial charge in [-0.2, -0.15) is 0 Å². The van der Waals surface area contributed by atoms with Crippen LogP contribution in [-0.2, 0) is 11.3 Å². The zero-order valence-corrected chi connectivity index (χ0v) is 13.7. The van der Waals surface area contributed by atoms with Crippen molar-refractivity contribution in [1.29, 1.82) is 0 Å². The summed E-state index contributed by atoms with van der Waals surface area (Å²) >= 11 is 0. The second-order valence-electron chi connectivity index (χ2n) is 6.18. The number of ether oxygens (including phenoxy) is 1. The summed E-state index contributed by atoms with van der Waals surface area (Å²) in [5.41, 5.74) is 2.23. The second kappa shape index (κ2) is 7.71. The molecule has 0 radical (unpaired) electrons. The van der Waals surface area contributed by atoms with Gasteiger partial charge in [-0.05, 0) is 25.8 Å². The number of aromatic nitrogens is 2. The molecule has 5 nitrogen and oxygen atoms in total. The first kappa shape index (κ1) is 16.2. The summed E-state index contributed by atoms with van der Waals surface area (Å²) in [6, 6.07) is 0. The van der Waals surface area contributed by atoms with Crippen LogP contribution in [0, 0.1) is 5.92 Å². The molecule has 2 rings (SSSR count). The quantitative estimate of drug-likeness (QED) is 0.871. The maximum atomic E-state index is 5.44. The van der Waals surface area contributed by atoms with E-state index in [2.05, 4.69) is 36.1 Å². The zero-order chi connectivity index (χ0) is 15.2. The standard InChI is InChI=1S/C16H28N4O/c1-12(2)16-18-10-15(14(19-16)9-17-3)20(4)11-13-5-7-21-8-6-13/h10,12-13,17H,5-9,11H2,1-4H3. The number of rotatable bonds is 6. The molecule has 0 saturated carbocycles. The minimum absolute atomic E-state index is 0.357. The zero-order valence-electron chi connectivity index (χ0n) is 13.7. The Hall–Kier alpha value is -1.20. The third-order valence-corrected chi connectivity index (χ3v) is 4.01. The van der Waals surface area contributed by atoms with Crippen molar-refractivity contribution in [3.8, 4) is 0 Å². The normalized spacial score (nSPS) is 16.4. The van der Waals surface area contributed by atoms with Crippen LogP contribution in [0.15, 0.2) is 6.20 Å². The molecule has 1 aromatic rings. The fourth-order valence-corrected chi connectivity index (χ4v) is 2.74. The molecule has 0 unspecified atom stereocenters. The van der Waals surface area contributed by atoms with Crippen molar-refractivity contribution in [2.75, 3.05) is 38.8 Å². The highest BCUT2D eigenvalue weighted by atomic mass is 16.5. The fraction of sp³-hybridized carbons (Fsp3) is 0.750. The second-order valence-corrected chi connectivity index (χ2v) is 6.18. The third kappa shape index (κ3) is 4.38. The van der Waals surface area contributed by atoms with E-state index in [0.29, 0.717) is 11.8 Å². The lowest BCUT2D eigenvalue weighted by atomic mass is 9.99. The summed E-state index contributed by atoms with van der Waals surface area (Å²) in [5.74, 6) is 1.98. The van der Waals surface area contributed by atoms with Gasteiger partial charge in [0.05, 0.1) is 17.6 Å². The highest BCUT2D eigenvalue weighted by Crippen LogP contribution is 2.23. The SMILES string of the molecule is CNCc1nc(C(C)C)ncc1N(C)CC1CCOCC1. The van der Waals surface area contributed by atoms with Crippen molar-refractivity contribution >= 4 is 5.69 Å². The van der Waals surface area contributed by atoms with Crippen LogP contribution in [0.5, 0.6) is 0 Å². The number of anilines is 1. The molecule has 118 valence electrons. The smallest absolute Gasteiger partial charge is 0.131 e. The first-order valence-electron chi connectivity index (χ1n) is 7.91. The van der Waals surface area contributed by atoms with Crippen molar-refractivity contribution in [1.82, 2.24) is 15.3 Å². The van der Waals surface area contributed by atoms with Gasteiger partial charge in [0.2, 0.25) is 0 Å². The lowest BCUT2D eigenvalue weighted by Gasteiger charge is -2.29. The predicted molar refractivity (Wildman–Crippen MR) is 85.7 cm³/mol. The Balaban J connectivity index is 2.12. The first-order chi connectivity index (χ1) is 10.1. The molecular formula is C16H28N4O. The van der Waals surface area contributed by atoms with Crippen molar-refractivity contribution < 1.29 is 4.74 Å². The van der Waals surface area contributed by atoms with E-state index in [1.54, 1.807) is 0 Å². The Labute approximate surface area is 128 Å². The molecule has 1 aliphatic heterocycles. The fourth-order valence-electron chi connectivity index (χ4n) is 2.74. The molecule has 2 heterocycles. The average Bonchev–Trinajstić information content (AvgIpc) is 2.48. The van der Waals surface area contributed by atoms with Crippen LogP contribution in [0.1, 0.15) is 44.1 Å². The highest BCUT2D eigenvalue weighted by Gasteiger charge is 2.18. The average molecular weight is 292 g/mol. The molecule has 0 spiro atoms. The summed E-state index contributed by atoms with van der Waals surface area (Å²) in [6.45, 7) is 7.86. The van der Waals surface area contributed by atoms with E-state index in [0.717, 1.165) is 56.4 Å². The third-order valence-electron chi connectivity index (χ3n) is 4.01. The molecule has 1 fully saturated rings. The molecule has 0 amide bonds. The summed E-state index contributed by atoms with van der Waals surface area (Å²) in [4.78, 5) is 11.6. The van der Waals surface area contributed by atoms with Crippen LogP contribution in [0.25, 0.3) is 0 Å². The van der Waals surface area contributed by atoms with Crippen LogP contribution in [0.3, 0.4) is 0 Å². The van der Waals surface area contributed by atoms with E-state index >= 15 is 0 Å². The lowest BCUT2D eigenvalue weighted by molar-refractivity contribution is 0.0685. The topological polar surface area (TPSA) is 50.3 Å². The Morgan fingerprint density at radius 1 is 1.38 bits per heavy atom. The minimum atomic E-state index is 0.357. The van der Waals surface area contributed by atoms with Gasteiger partial charge in [-0.1, -0.05) is 13.8 Å². The largest absolute Gasteiger partial charge is 0.381 e. The van der Waals surface area contributed by atoms with E-state index in [-0.39, 0.29) is 0 Å². The lowest BCUT2D eigenvalue weighted by Crippen LogP contribution is -2.31. The van der Waals surface area contributed by atoms with Gasteiger partial charge < -0.3 is 15.0 Å². The summed E-state index contributed by atoms with van der Waals surface area (Å²) in [7, 11) is 4.10. The molecule has 21 heavy (non-hydrogen) atoms. The molecule has 0 aromatic carbocycles. The van der Waals surface area contributed by atoms with Gasteiger partial charge in [-0.3, -0.25) is 0 Å². The van der Waals surface area contributed by atoms with E-state index in [4.69, 9.17) is 9.72 Å². The van der Waals surface area contributed by atoms with Gasteiger partial charge >= 0.3 is 0 Å². The molecule has 0 bridgehead atoms. The van der Waals surface area contributed by atoms with E-state index in [9.17, 15) is 0 Å². The molecule has 5 heteroatoms. The molecule has 1 N–H and O–H groups in total. The van der Waals surface area contributed by atoms with E-state index in [1.165, 1.54) is 0 Å². The summed E-state index contributed by atoms with van der Waals surface area (Å²) in [5, 5.41) is 3.21. The number of nitrogens with zero attached hydrogens (tertiary/aromatic N) is 3. The summed E-state index contributed by atoms with van der Waals surface area (Å²) in [6.07, 6.45) is 4.28. The van der Waals surface area contributed by atoms with Crippen LogP contribution >= 0.6 is 0 Å². The van der Waals surface area contributed by atoms with Crippen molar-refractivity contribution in [3.63, 3.8) is 0 Å². The molecule has 1 aliphatic rings. The monoisotopic (exact) mass is 292 g/mol. The predicted octanol–water partition coefficient (Wildman–Crippen LogP) is 2.18. The summed E-state index contributed by atoms with van der Waals surface area (Å²) < 4.78 is 5.44. The minimum Gasteiger partial charge on any atom is -0.381 e. The van der Waals surface area contributed by atoms with E-state index in [1.807, 2.05) is 13.2 Å². The highest BCUT2D eigenvalue weighted by molar-refractivity contribution is 5.48. The van der Waals surface area contributed by atoms with Crippen LogP contribution < -0.4 is 10.2 Å². The Kier molecular flexibility index (Phi) is 5.94. The van der Waals surface area contributed by atoms with Gasteiger partial charge in [0.25, 0.3) is 0 Å². The Bertz CT molecular complexity index is 444. The van der Waals surface area contributed by atoms with Crippen molar-refractivity contribution in [2.24, 2.45) is 5.92 Å². The number of hydrogen-bond acceptors (Lipinski definition) is 5. The molecule has 0 aliphatic carbocycles. The molecule has 0 atom stereocenters. The van der Waals surface area contributed by atoms with E-state index < -0.39 is 0 Å². The Morgan fingerprint density at radius 2 is 2.10 bits per heavy atom. The maximum absolute atomic E-state index is 5.44. The number of hydrogen-bond donors (Lipinski definition) is 1. The van der Waals surface area contributed by atoms with Gasteiger partial charge in [0.15, 0.2) is 0 Å². The van der Waals surface area contributed by atoms with Gasteiger partial charge in [0, 0.05) is 39.3 Å². The maximum Gasteiger partial charge on any atom is 0.131 e. The van der Waals surface area contributed by atoms with Gasteiger partial charge in [0.1, 0.15) is 5.82 Å². The van der Waals surface area contributed by atoms with Crippen molar-refractivity contribution in [3.05, 3.63) is 17.7 Å². The molecule has 1 aromatic heterocycles. The van der Waals surface area contributed by atoms with Crippen LogP contribution in [0.2, 0.25) is 0 Å². The number of nitrogens with one attached hydrogen (secondary N) is 1. The van der Waals surface area contributed by atoms with Gasteiger partial charge in [-0.15, -0.1) is 0 Å². The van der Waals surface area contributed by atoms with Crippen LogP contribution in [-0.4, -0.2) is 43.8 Å². The molecular weight excluding hydrogens is 264 g/mol. The Morgan fingerprint density at radius 3 is 2.71 bits per heavy atom. The van der Waals surface area contributed by atoms with Crippen LogP contribution in [0.4, 0.5) is 5.69 Å². The molecule has 1 saturated heterocycles. The van der Waals surface area contributed by atoms with Crippen molar-refractivity contribution in [2.45, 2.75) is 39.2 Å². The van der Waals surface area contributed by atoms with Gasteiger partial charge in [-0.25, -0.2) is 9.97 Å².